The number of hydrogen-bond donors (Lipinski definition) is 0. The van der Waals surface area contributed by atoms with E-state index in [9.17, 15) is 14.7 Å². The lowest BCUT2D eigenvalue weighted by atomic mass is 10.0. The van der Waals surface area contributed by atoms with Crippen molar-refractivity contribution in [2.75, 3.05) is 6.61 Å². The fourth-order valence-electron chi connectivity index (χ4n) is 1.55. The molecule has 0 saturated heterocycles. The van der Waals surface area contributed by atoms with Gasteiger partial charge in [-0.05, 0) is 31.1 Å². The second kappa shape index (κ2) is 9.92. The van der Waals surface area contributed by atoms with Crippen LogP contribution in [-0.2, 0) is 19.4 Å². The summed E-state index contributed by atoms with van der Waals surface area (Å²) in [5.74, 6) is -0.412. The van der Waals surface area contributed by atoms with E-state index in [0.717, 1.165) is 19.3 Å². The quantitative estimate of drug-likeness (QED) is 0.565. The van der Waals surface area contributed by atoms with Gasteiger partial charge in [-0.2, -0.15) is 0 Å². The van der Waals surface area contributed by atoms with Gasteiger partial charge in [0, 0.05) is 6.42 Å². The molecule has 0 aliphatic rings. The minimum Gasteiger partial charge on any atom is -0.465 e. The predicted octanol–water partition coefficient (Wildman–Crippen LogP) is 3.12. The highest BCUT2D eigenvalue weighted by molar-refractivity contribution is 5.69. The maximum absolute atomic E-state index is 11.4. The van der Waals surface area contributed by atoms with E-state index in [2.05, 4.69) is 13.8 Å². The van der Waals surface area contributed by atoms with Crippen LogP contribution in [0.5, 0.6) is 0 Å². The molecule has 105 valence electrons. The SMILES string of the molecule is CCC(C)CCC(=O)OCC(C)CCCC([O])=O. The summed E-state index contributed by atoms with van der Waals surface area (Å²) in [5, 5.41) is 10.2. The Morgan fingerprint density at radius 3 is 2.28 bits per heavy atom. The smallest absolute Gasteiger partial charge is 0.355 e. The molecule has 1 radical (unpaired) electrons. The Kier molecular flexibility index (Phi) is 9.33. The van der Waals surface area contributed by atoms with Crippen LogP contribution < -0.4 is 0 Å². The van der Waals surface area contributed by atoms with Crippen LogP contribution in [0.4, 0.5) is 0 Å². The highest BCUT2D eigenvalue weighted by Crippen LogP contribution is 2.12. The first-order chi connectivity index (χ1) is 8.45. The second-order valence-electron chi connectivity index (χ2n) is 5.10. The molecule has 0 spiro atoms. The van der Waals surface area contributed by atoms with E-state index in [1.54, 1.807) is 0 Å². The van der Waals surface area contributed by atoms with Crippen LogP contribution in [-0.4, -0.2) is 18.5 Å². The third kappa shape index (κ3) is 10.1. The normalized spacial score (nSPS) is 13.9. The van der Waals surface area contributed by atoms with Crippen LogP contribution in [0.2, 0.25) is 0 Å². The first kappa shape index (κ1) is 16.9. The minimum absolute atomic E-state index is 0.0757. The maximum Gasteiger partial charge on any atom is 0.355 e. The molecule has 0 fully saturated rings. The van der Waals surface area contributed by atoms with Crippen LogP contribution in [0.1, 0.15) is 59.3 Å². The number of carbonyl (C=O) groups is 2. The standard InChI is InChI=1S/C14H25O4/c1-4-11(2)8-9-14(17)18-10-12(3)6-5-7-13(15)16/h11-12H,4-10H2,1-3H3. The fraction of sp³-hybridized carbons (Fsp3) is 0.857. The van der Waals surface area contributed by atoms with Gasteiger partial charge < -0.3 is 4.74 Å². The lowest BCUT2D eigenvalue weighted by molar-refractivity contribution is -0.146. The number of rotatable bonds is 10. The molecule has 0 aromatic carbocycles. The molecule has 2 atom stereocenters. The first-order valence-corrected chi connectivity index (χ1v) is 6.81. The van der Waals surface area contributed by atoms with Crippen molar-refractivity contribution in [3.63, 3.8) is 0 Å². The molecule has 0 amide bonds. The lowest BCUT2D eigenvalue weighted by Crippen LogP contribution is -2.13. The van der Waals surface area contributed by atoms with E-state index in [0.29, 0.717) is 25.4 Å². The molecular weight excluding hydrogens is 232 g/mol. The number of ether oxygens (including phenoxy) is 1. The van der Waals surface area contributed by atoms with Gasteiger partial charge in [-0.15, -0.1) is 0 Å². The zero-order valence-corrected chi connectivity index (χ0v) is 11.7. The van der Waals surface area contributed by atoms with Gasteiger partial charge >= 0.3 is 11.9 Å². The summed E-state index contributed by atoms with van der Waals surface area (Å²) in [6.45, 7) is 6.56. The molecule has 0 saturated carbocycles. The molecule has 0 aliphatic carbocycles. The summed E-state index contributed by atoms with van der Waals surface area (Å²) in [4.78, 5) is 21.7. The lowest BCUT2D eigenvalue weighted by Gasteiger charge is -2.12. The van der Waals surface area contributed by atoms with Crippen LogP contribution in [0.3, 0.4) is 0 Å². The van der Waals surface area contributed by atoms with Crippen molar-refractivity contribution >= 4 is 11.9 Å². The minimum atomic E-state index is -1.02. The topological polar surface area (TPSA) is 63.3 Å². The van der Waals surface area contributed by atoms with E-state index in [-0.39, 0.29) is 18.3 Å². The third-order valence-electron chi connectivity index (χ3n) is 3.14. The molecule has 0 aromatic heterocycles. The average molecular weight is 257 g/mol. The molecule has 4 heteroatoms. The molecule has 18 heavy (non-hydrogen) atoms. The summed E-state index contributed by atoms with van der Waals surface area (Å²) in [5.41, 5.74) is 0. The fourth-order valence-corrected chi connectivity index (χ4v) is 1.55. The van der Waals surface area contributed by atoms with Gasteiger partial charge in [0.05, 0.1) is 13.0 Å². The number of carbonyl (C=O) groups excluding carboxylic acids is 2. The average Bonchev–Trinajstić information content (AvgIpc) is 2.32. The molecule has 0 heterocycles. The second-order valence-corrected chi connectivity index (χ2v) is 5.10. The van der Waals surface area contributed by atoms with Crippen molar-refractivity contribution in [1.29, 1.82) is 0 Å². The molecule has 0 bridgehead atoms. The van der Waals surface area contributed by atoms with Gasteiger partial charge in [0.2, 0.25) is 0 Å². The van der Waals surface area contributed by atoms with Gasteiger partial charge in [0.15, 0.2) is 0 Å². The van der Waals surface area contributed by atoms with E-state index >= 15 is 0 Å². The first-order valence-electron chi connectivity index (χ1n) is 6.81. The Labute approximate surface area is 110 Å². The Morgan fingerprint density at radius 1 is 1.06 bits per heavy atom. The van der Waals surface area contributed by atoms with Crippen molar-refractivity contribution < 1.29 is 19.4 Å². The van der Waals surface area contributed by atoms with Crippen LogP contribution in [0.25, 0.3) is 0 Å². The molecule has 0 N–H and O–H groups in total. The monoisotopic (exact) mass is 257 g/mol. The van der Waals surface area contributed by atoms with Gasteiger partial charge in [-0.3, -0.25) is 4.79 Å². The predicted molar refractivity (Wildman–Crippen MR) is 68.4 cm³/mol. The Hall–Kier alpha value is -1.06. The van der Waals surface area contributed by atoms with Crippen LogP contribution >= 0.6 is 0 Å². The van der Waals surface area contributed by atoms with Crippen molar-refractivity contribution in [3.05, 3.63) is 0 Å². The summed E-state index contributed by atoms with van der Waals surface area (Å²) in [6.07, 6.45) is 3.81. The summed E-state index contributed by atoms with van der Waals surface area (Å²) >= 11 is 0. The van der Waals surface area contributed by atoms with Crippen molar-refractivity contribution in [2.45, 2.75) is 59.3 Å². The highest BCUT2D eigenvalue weighted by atomic mass is 16.5. The Morgan fingerprint density at radius 2 is 1.72 bits per heavy atom. The van der Waals surface area contributed by atoms with E-state index < -0.39 is 5.97 Å². The molecule has 0 rings (SSSR count). The molecule has 0 aromatic rings. The highest BCUT2D eigenvalue weighted by Gasteiger charge is 2.10. The number of hydrogen-bond acceptors (Lipinski definition) is 3. The number of esters is 1. The van der Waals surface area contributed by atoms with Crippen molar-refractivity contribution in [1.82, 2.24) is 0 Å². The third-order valence-corrected chi connectivity index (χ3v) is 3.14. The summed E-state index contributed by atoms with van der Waals surface area (Å²) < 4.78 is 5.15. The van der Waals surface area contributed by atoms with Gasteiger partial charge in [-0.25, -0.2) is 9.90 Å². The van der Waals surface area contributed by atoms with Gasteiger partial charge in [-0.1, -0.05) is 27.2 Å². The van der Waals surface area contributed by atoms with Gasteiger partial charge in [0.25, 0.3) is 0 Å². The maximum atomic E-state index is 11.4. The summed E-state index contributed by atoms with van der Waals surface area (Å²) in [7, 11) is 0. The van der Waals surface area contributed by atoms with Crippen molar-refractivity contribution in [2.24, 2.45) is 11.8 Å². The van der Waals surface area contributed by atoms with E-state index in [4.69, 9.17) is 4.74 Å². The van der Waals surface area contributed by atoms with Crippen LogP contribution in [0, 0.1) is 11.8 Å². The summed E-state index contributed by atoms with van der Waals surface area (Å²) in [6, 6.07) is 0. The zero-order valence-electron chi connectivity index (χ0n) is 11.7. The van der Waals surface area contributed by atoms with E-state index in [1.165, 1.54) is 0 Å². The van der Waals surface area contributed by atoms with Gasteiger partial charge in [0.1, 0.15) is 0 Å². The molecule has 2 unspecified atom stereocenters. The molecule has 0 aliphatic heterocycles. The molecular formula is C14H25O4. The van der Waals surface area contributed by atoms with Crippen LogP contribution in [0.15, 0.2) is 0 Å². The Balaban J connectivity index is 3.55. The van der Waals surface area contributed by atoms with E-state index in [1.807, 2.05) is 6.92 Å². The Bertz CT molecular complexity index is 250. The van der Waals surface area contributed by atoms with Crippen molar-refractivity contribution in [3.8, 4) is 0 Å². The zero-order chi connectivity index (χ0) is 14.0. The molecule has 4 nitrogen and oxygen atoms in total. The largest absolute Gasteiger partial charge is 0.465 e.